The molecule has 31 heavy (non-hydrogen) atoms. The van der Waals surface area contributed by atoms with Gasteiger partial charge in [0.15, 0.2) is 0 Å². The first-order valence-electron chi connectivity index (χ1n) is 9.06. The quantitative estimate of drug-likeness (QED) is 0.775. The third-order valence-corrected chi connectivity index (χ3v) is 4.63. The van der Waals surface area contributed by atoms with Gasteiger partial charge in [0.1, 0.15) is 30.9 Å². The number of alkyl halides is 3. The highest BCUT2D eigenvalue weighted by atomic mass is 19.4. The molecule has 0 saturated carbocycles. The summed E-state index contributed by atoms with van der Waals surface area (Å²) in [6.45, 7) is -1.19. The van der Waals surface area contributed by atoms with Gasteiger partial charge in [-0.1, -0.05) is 12.1 Å². The molecule has 2 aliphatic rings. The van der Waals surface area contributed by atoms with E-state index in [4.69, 9.17) is 10.5 Å². The highest BCUT2D eigenvalue weighted by Crippen LogP contribution is 2.26. The van der Waals surface area contributed by atoms with Gasteiger partial charge in [0.2, 0.25) is 5.88 Å². The number of anilines is 1. The van der Waals surface area contributed by atoms with E-state index in [1.807, 2.05) is 0 Å². The summed E-state index contributed by atoms with van der Waals surface area (Å²) < 4.78 is 44.1. The van der Waals surface area contributed by atoms with E-state index in [2.05, 4.69) is 10.3 Å². The zero-order valence-electron chi connectivity index (χ0n) is 15.9. The average molecular weight is 431 g/mol. The molecule has 0 radical (unpaired) electrons. The van der Waals surface area contributed by atoms with Crippen LogP contribution in [0.25, 0.3) is 11.1 Å². The lowest BCUT2D eigenvalue weighted by atomic mass is 10.1. The molecule has 4 rings (SSSR count). The molecule has 0 spiro atoms. The molecule has 3 N–H and O–H groups in total. The van der Waals surface area contributed by atoms with Crippen molar-refractivity contribution in [3.8, 4) is 11.1 Å². The van der Waals surface area contributed by atoms with E-state index in [0.29, 0.717) is 15.8 Å². The number of ether oxygens (including phenoxy) is 1. The Morgan fingerprint density at radius 3 is 2.61 bits per heavy atom. The number of nitrogens with zero attached hydrogens (tertiary/aromatic N) is 3. The smallest absolute Gasteiger partial charge is 0.406 e. The van der Waals surface area contributed by atoms with Gasteiger partial charge in [0.25, 0.3) is 11.5 Å². The second-order valence-corrected chi connectivity index (χ2v) is 6.68. The van der Waals surface area contributed by atoms with Crippen LogP contribution in [-0.2, 0) is 16.1 Å². The van der Waals surface area contributed by atoms with Gasteiger partial charge in [-0.25, -0.2) is 4.99 Å². The summed E-state index contributed by atoms with van der Waals surface area (Å²) in [5.41, 5.74) is 6.12. The fourth-order valence-corrected chi connectivity index (χ4v) is 3.21. The van der Waals surface area contributed by atoms with Gasteiger partial charge < -0.3 is 20.4 Å². The largest absolute Gasteiger partial charge is 0.446 e. The van der Waals surface area contributed by atoms with Crippen molar-refractivity contribution in [1.29, 1.82) is 0 Å². The number of halogens is 3. The summed E-state index contributed by atoms with van der Waals surface area (Å²) in [7, 11) is 0. The van der Waals surface area contributed by atoms with E-state index in [0.717, 1.165) is 6.20 Å². The van der Waals surface area contributed by atoms with Crippen LogP contribution in [0.4, 0.5) is 18.9 Å². The number of benzene rings is 1. The molecule has 0 saturated heterocycles. The molecule has 1 aromatic carbocycles. The summed E-state index contributed by atoms with van der Waals surface area (Å²) >= 11 is 0. The number of amides is 1. The summed E-state index contributed by atoms with van der Waals surface area (Å²) in [6, 6.07) is 9.03. The maximum Gasteiger partial charge on any atom is 0.406 e. The van der Waals surface area contributed by atoms with Gasteiger partial charge in [0.05, 0.1) is 0 Å². The third kappa shape index (κ3) is 4.02. The number of nitrogens with one attached hydrogen (secondary N) is 1. The molecule has 0 unspecified atom stereocenters. The van der Waals surface area contributed by atoms with Crippen LogP contribution >= 0.6 is 0 Å². The van der Waals surface area contributed by atoms with Crippen molar-refractivity contribution < 1.29 is 22.7 Å². The fraction of sp³-hybridized carbons (Fsp3) is 0.150. The topological polar surface area (TPSA) is 102 Å². The number of nitrogens with two attached hydrogens (primary N) is 1. The number of aliphatic imine (C=N–C) groups is 1. The number of pyridine rings is 1. The van der Waals surface area contributed by atoms with Crippen LogP contribution < -0.4 is 21.5 Å². The number of hydrogen-bond donors (Lipinski definition) is 2. The summed E-state index contributed by atoms with van der Waals surface area (Å²) in [6.07, 6.45) is -0.708. The molecule has 0 fully saturated rings. The standard InChI is InChI=1S/C20H16F3N5O3/c21-20(22,23)10-27-7-1-2-14(18(27)29)12-3-5-13(6-4-12)28-8-9-31-17-15(19(28)30)16(24)25-11-26-17/h1-9,26H,10-11H2,(H2,24,25). The minimum absolute atomic E-state index is 0.0403. The molecule has 0 aliphatic carbocycles. The van der Waals surface area contributed by atoms with Gasteiger partial charge in [0, 0.05) is 23.6 Å². The van der Waals surface area contributed by atoms with Gasteiger partial charge in [-0.05, 0) is 29.8 Å². The maximum atomic E-state index is 13.0. The normalized spacial score (nSPS) is 16.3. The zero-order valence-corrected chi connectivity index (χ0v) is 15.9. The van der Waals surface area contributed by atoms with Crippen molar-refractivity contribution in [2.45, 2.75) is 12.7 Å². The number of carbonyl (C=O) groups excluding carboxylic acids is 1. The third-order valence-electron chi connectivity index (χ3n) is 4.63. The molecule has 11 heteroatoms. The summed E-state index contributed by atoms with van der Waals surface area (Å²) in [5, 5.41) is 2.83. The van der Waals surface area contributed by atoms with Crippen LogP contribution in [0.1, 0.15) is 0 Å². The Morgan fingerprint density at radius 1 is 1.16 bits per heavy atom. The summed E-state index contributed by atoms with van der Waals surface area (Å²) in [5.74, 6) is -0.238. The van der Waals surface area contributed by atoms with E-state index in [1.54, 1.807) is 24.3 Å². The Hall–Kier alpha value is -4.02. The van der Waals surface area contributed by atoms with Crippen molar-refractivity contribution in [2.24, 2.45) is 10.7 Å². The molecule has 2 aliphatic heterocycles. The van der Waals surface area contributed by atoms with E-state index in [-0.39, 0.29) is 29.5 Å². The Morgan fingerprint density at radius 2 is 1.90 bits per heavy atom. The zero-order chi connectivity index (χ0) is 22.2. The van der Waals surface area contributed by atoms with Crippen LogP contribution in [0.5, 0.6) is 0 Å². The second kappa shape index (κ2) is 7.67. The van der Waals surface area contributed by atoms with E-state index < -0.39 is 24.2 Å². The van der Waals surface area contributed by atoms with Crippen molar-refractivity contribution in [3.63, 3.8) is 0 Å². The first-order chi connectivity index (χ1) is 14.7. The van der Waals surface area contributed by atoms with Crippen molar-refractivity contribution in [2.75, 3.05) is 11.6 Å². The summed E-state index contributed by atoms with van der Waals surface area (Å²) in [4.78, 5) is 30.7. The molecular formula is C20H16F3N5O3. The molecular weight excluding hydrogens is 415 g/mol. The molecule has 160 valence electrons. The van der Waals surface area contributed by atoms with Crippen LogP contribution in [0, 0.1) is 0 Å². The van der Waals surface area contributed by atoms with Gasteiger partial charge in [-0.3, -0.25) is 14.5 Å². The molecule has 3 heterocycles. The number of carbonyl (C=O) groups is 1. The predicted octanol–water partition coefficient (Wildman–Crippen LogP) is 2.04. The predicted molar refractivity (Wildman–Crippen MR) is 107 cm³/mol. The molecule has 8 nitrogen and oxygen atoms in total. The fourth-order valence-electron chi connectivity index (χ4n) is 3.21. The van der Waals surface area contributed by atoms with Crippen LogP contribution in [0.15, 0.2) is 76.3 Å². The average Bonchev–Trinajstić information content (AvgIpc) is 2.88. The first-order valence-corrected chi connectivity index (χ1v) is 9.06. The monoisotopic (exact) mass is 431 g/mol. The van der Waals surface area contributed by atoms with Crippen LogP contribution in [0.2, 0.25) is 0 Å². The van der Waals surface area contributed by atoms with E-state index in [9.17, 15) is 22.8 Å². The molecule has 1 amide bonds. The van der Waals surface area contributed by atoms with Crippen LogP contribution in [0.3, 0.4) is 0 Å². The maximum absolute atomic E-state index is 13.0. The molecule has 2 aromatic rings. The van der Waals surface area contributed by atoms with E-state index >= 15 is 0 Å². The number of rotatable bonds is 3. The SMILES string of the molecule is NC1=NCNC2=C1C(=O)N(c1ccc(-c3cccn(CC(F)(F)F)c3=O)cc1)C=CO2. The highest BCUT2D eigenvalue weighted by Gasteiger charge is 2.30. The second-order valence-electron chi connectivity index (χ2n) is 6.68. The number of amidine groups is 1. The lowest BCUT2D eigenvalue weighted by Crippen LogP contribution is -2.38. The van der Waals surface area contributed by atoms with Gasteiger partial charge in [-0.15, -0.1) is 0 Å². The minimum Gasteiger partial charge on any atom is -0.446 e. The minimum atomic E-state index is -4.51. The number of hydrogen-bond acceptors (Lipinski definition) is 6. The first kappa shape index (κ1) is 20.3. The highest BCUT2D eigenvalue weighted by molar-refractivity contribution is 6.26. The Balaban J connectivity index is 1.65. The number of aromatic nitrogens is 1. The molecule has 0 atom stereocenters. The lowest BCUT2D eigenvalue weighted by Gasteiger charge is -2.21. The van der Waals surface area contributed by atoms with Crippen molar-refractivity contribution in [3.05, 3.63) is 76.9 Å². The van der Waals surface area contributed by atoms with Crippen molar-refractivity contribution >= 4 is 17.4 Å². The molecule has 0 bridgehead atoms. The van der Waals surface area contributed by atoms with Gasteiger partial charge >= 0.3 is 6.18 Å². The Labute approximate surface area is 173 Å². The Bertz CT molecular complexity index is 1180. The van der Waals surface area contributed by atoms with E-state index in [1.165, 1.54) is 29.5 Å². The van der Waals surface area contributed by atoms with Crippen LogP contribution in [-0.4, -0.2) is 29.2 Å². The van der Waals surface area contributed by atoms with Crippen molar-refractivity contribution in [1.82, 2.24) is 9.88 Å². The van der Waals surface area contributed by atoms with Gasteiger partial charge in [-0.2, -0.15) is 13.2 Å². The lowest BCUT2D eigenvalue weighted by molar-refractivity contribution is -0.141. The Kier molecular flexibility index (Phi) is 5.01. The molecule has 1 aromatic heterocycles.